The van der Waals surface area contributed by atoms with E-state index in [2.05, 4.69) is 0 Å². The summed E-state index contributed by atoms with van der Waals surface area (Å²) in [6, 6.07) is -0.795. The number of hydrogen-bond donors (Lipinski definition) is 1. The average molecular weight is 430 g/mol. The lowest BCUT2D eigenvalue weighted by atomic mass is 9.95. The second kappa shape index (κ2) is 9.35. The first-order chi connectivity index (χ1) is 12.7. The van der Waals surface area contributed by atoms with Crippen LogP contribution in [0.25, 0.3) is 0 Å². The molecule has 1 N–H and O–H groups in total. The topological polar surface area (TPSA) is 66.4 Å². The van der Waals surface area contributed by atoms with Gasteiger partial charge >= 0.3 is 0 Å². The zero-order valence-corrected chi connectivity index (χ0v) is 19.5. The predicted octanol–water partition coefficient (Wildman–Crippen LogP) is 2.59. The highest BCUT2D eigenvalue weighted by molar-refractivity contribution is 8.10. The SMILES string of the molecule is [B]C1CC(OC(C)(C)C)C(COP(O)(=S)C(C)(C)OC2CC([B])OC2CC)O1. The molecule has 0 aromatic rings. The molecule has 28 heavy (non-hydrogen) atoms. The minimum atomic E-state index is -3.32. The van der Waals surface area contributed by atoms with Crippen molar-refractivity contribution in [1.29, 1.82) is 0 Å². The quantitative estimate of drug-likeness (QED) is 0.469. The maximum absolute atomic E-state index is 11.0. The van der Waals surface area contributed by atoms with Gasteiger partial charge in [0, 0.05) is 12.0 Å². The summed E-state index contributed by atoms with van der Waals surface area (Å²) in [6.45, 7) is 8.19. The second-order valence-electron chi connectivity index (χ2n) is 8.99. The molecule has 7 unspecified atom stereocenters. The highest BCUT2D eigenvalue weighted by atomic mass is 32.5. The molecule has 0 spiro atoms. The van der Waals surface area contributed by atoms with Crippen molar-refractivity contribution in [2.24, 2.45) is 0 Å². The number of hydrogen-bond acceptors (Lipinski definition) is 6. The van der Waals surface area contributed by atoms with Crippen LogP contribution in [0.4, 0.5) is 0 Å². The Morgan fingerprint density at radius 3 is 2.00 bits per heavy atom. The Morgan fingerprint density at radius 2 is 1.50 bits per heavy atom. The van der Waals surface area contributed by atoms with E-state index in [0.29, 0.717) is 12.8 Å². The summed E-state index contributed by atoms with van der Waals surface area (Å²) in [6.07, 6.45) is 0.912. The first-order valence-electron chi connectivity index (χ1n) is 9.89. The zero-order chi connectivity index (χ0) is 21.3. The molecule has 2 aliphatic heterocycles. The molecular formula is C18H33B2O6PS. The highest BCUT2D eigenvalue weighted by Crippen LogP contribution is 2.57. The van der Waals surface area contributed by atoms with E-state index in [4.69, 9.17) is 51.0 Å². The summed E-state index contributed by atoms with van der Waals surface area (Å²) in [5.74, 6) is 0. The van der Waals surface area contributed by atoms with Crippen LogP contribution in [0.5, 0.6) is 0 Å². The molecule has 6 nitrogen and oxygen atoms in total. The van der Waals surface area contributed by atoms with Gasteiger partial charge in [-0.15, -0.1) is 0 Å². The summed E-state index contributed by atoms with van der Waals surface area (Å²) in [7, 11) is 11.8. The van der Waals surface area contributed by atoms with Gasteiger partial charge in [-0.3, -0.25) is 0 Å². The third-order valence-electron chi connectivity index (χ3n) is 4.90. The third-order valence-corrected chi connectivity index (χ3v) is 8.50. The molecule has 2 aliphatic rings. The van der Waals surface area contributed by atoms with Crippen LogP contribution in [-0.4, -0.2) is 74.6 Å². The summed E-state index contributed by atoms with van der Waals surface area (Å²) >= 11 is 5.45. The van der Waals surface area contributed by atoms with E-state index in [1.165, 1.54) is 0 Å². The van der Waals surface area contributed by atoms with Crippen molar-refractivity contribution in [3.63, 3.8) is 0 Å². The number of ether oxygens (including phenoxy) is 4. The van der Waals surface area contributed by atoms with E-state index in [1.54, 1.807) is 13.8 Å². The number of rotatable bonds is 8. The normalized spacial score (nSPS) is 36.5. The van der Waals surface area contributed by atoms with E-state index >= 15 is 0 Å². The van der Waals surface area contributed by atoms with Crippen LogP contribution >= 0.6 is 6.49 Å². The van der Waals surface area contributed by atoms with Gasteiger partial charge in [0.05, 0.1) is 30.5 Å². The third kappa shape index (κ3) is 6.52. The van der Waals surface area contributed by atoms with Crippen LogP contribution in [0, 0.1) is 0 Å². The van der Waals surface area contributed by atoms with Gasteiger partial charge in [-0.1, -0.05) is 6.92 Å². The highest BCUT2D eigenvalue weighted by Gasteiger charge is 2.45. The molecular weight excluding hydrogens is 397 g/mol. The fourth-order valence-corrected chi connectivity index (χ4v) is 4.71. The van der Waals surface area contributed by atoms with Crippen molar-refractivity contribution in [1.82, 2.24) is 0 Å². The summed E-state index contributed by atoms with van der Waals surface area (Å²) in [5, 5.41) is -1.06. The molecule has 2 saturated heterocycles. The van der Waals surface area contributed by atoms with Crippen molar-refractivity contribution in [2.45, 2.75) is 108 Å². The lowest BCUT2D eigenvalue weighted by Gasteiger charge is -2.37. The molecule has 2 rings (SSSR count). The minimum Gasteiger partial charge on any atom is -0.382 e. The average Bonchev–Trinajstić information content (AvgIpc) is 3.04. The summed E-state index contributed by atoms with van der Waals surface area (Å²) < 4.78 is 29.4. The monoisotopic (exact) mass is 430 g/mol. The van der Waals surface area contributed by atoms with Crippen molar-refractivity contribution in [2.75, 3.05) is 6.61 Å². The molecule has 0 aromatic carbocycles. The van der Waals surface area contributed by atoms with E-state index in [0.717, 1.165) is 6.42 Å². The fourth-order valence-electron chi connectivity index (χ4n) is 3.47. The first kappa shape index (κ1) is 24.8. The Bertz CT molecular complexity index is 573. The van der Waals surface area contributed by atoms with Gasteiger partial charge in [0.25, 0.3) is 0 Å². The summed E-state index contributed by atoms with van der Waals surface area (Å²) in [5.41, 5.74) is -0.339. The molecule has 10 heteroatoms. The maximum Gasteiger partial charge on any atom is 0.217 e. The zero-order valence-electron chi connectivity index (χ0n) is 17.8. The predicted molar refractivity (Wildman–Crippen MR) is 114 cm³/mol. The Hall–Kier alpha value is 0.540. The van der Waals surface area contributed by atoms with E-state index in [-0.39, 0.29) is 36.5 Å². The second-order valence-corrected chi connectivity index (χ2v) is 12.9. The smallest absolute Gasteiger partial charge is 0.217 e. The van der Waals surface area contributed by atoms with Crippen LogP contribution in [0.2, 0.25) is 0 Å². The Morgan fingerprint density at radius 1 is 1.00 bits per heavy atom. The van der Waals surface area contributed by atoms with Crippen molar-refractivity contribution < 1.29 is 28.4 Å². The van der Waals surface area contributed by atoms with Crippen molar-refractivity contribution >= 4 is 34.0 Å². The Balaban J connectivity index is 1.98. The molecule has 0 bridgehead atoms. The van der Waals surface area contributed by atoms with Crippen LogP contribution in [0.3, 0.4) is 0 Å². The van der Waals surface area contributed by atoms with Gasteiger partial charge < -0.3 is 28.4 Å². The lowest BCUT2D eigenvalue weighted by Crippen LogP contribution is -2.38. The fraction of sp³-hybridized carbons (Fsp3) is 1.00. The molecule has 0 aliphatic carbocycles. The van der Waals surface area contributed by atoms with Gasteiger partial charge in [-0.2, -0.15) is 0 Å². The van der Waals surface area contributed by atoms with Crippen LogP contribution in [0.1, 0.15) is 60.8 Å². The Kier molecular flexibility index (Phi) is 8.29. The molecule has 0 aromatic heterocycles. The molecule has 0 saturated carbocycles. The van der Waals surface area contributed by atoms with Gasteiger partial charge in [0.1, 0.15) is 27.1 Å². The van der Waals surface area contributed by atoms with Gasteiger partial charge in [-0.05, 0) is 65.7 Å². The van der Waals surface area contributed by atoms with Crippen molar-refractivity contribution in [3.05, 3.63) is 0 Å². The maximum atomic E-state index is 11.0. The minimum absolute atomic E-state index is 0.0902. The molecule has 0 amide bonds. The Labute approximate surface area is 177 Å². The molecule has 158 valence electrons. The molecule has 2 fully saturated rings. The van der Waals surface area contributed by atoms with Crippen LogP contribution in [-0.2, 0) is 35.3 Å². The van der Waals surface area contributed by atoms with Crippen LogP contribution < -0.4 is 0 Å². The van der Waals surface area contributed by atoms with Gasteiger partial charge in [-0.25, -0.2) is 0 Å². The molecule has 4 radical (unpaired) electrons. The standard InChI is InChI=1S/C18H33B2O6PS/c1-7-11-12(8-15(19)23-11)26-18(5,6)27(21,28)22-10-14-13(9-16(20)24-14)25-17(2,3)4/h11-16H,7-10H2,1-6H3,(H,21,28). The van der Waals surface area contributed by atoms with Gasteiger partial charge in [0.2, 0.25) is 6.49 Å². The van der Waals surface area contributed by atoms with Gasteiger partial charge in [0.15, 0.2) is 0 Å². The summed E-state index contributed by atoms with van der Waals surface area (Å²) in [4.78, 5) is 11.0. The molecule has 7 atom stereocenters. The van der Waals surface area contributed by atoms with E-state index in [9.17, 15) is 4.89 Å². The largest absolute Gasteiger partial charge is 0.382 e. The lowest BCUT2D eigenvalue weighted by molar-refractivity contribution is -0.0994. The molecule has 2 heterocycles. The first-order valence-corrected chi connectivity index (χ1v) is 12.6. The van der Waals surface area contributed by atoms with Crippen LogP contribution in [0.15, 0.2) is 0 Å². The van der Waals surface area contributed by atoms with Crippen molar-refractivity contribution in [3.8, 4) is 0 Å². The van der Waals surface area contributed by atoms with E-state index < -0.39 is 23.9 Å². The van der Waals surface area contributed by atoms with E-state index in [1.807, 2.05) is 27.7 Å².